The fraction of sp³-hybridized carbons (Fsp3) is 0.587. The summed E-state index contributed by atoms with van der Waals surface area (Å²) in [5.74, 6) is -5.80. The fourth-order valence-electron chi connectivity index (χ4n) is 10.4. The number of carbonyl (C=O) groups excluding carboxylic acids is 6. The van der Waals surface area contributed by atoms with Crippen molar-refractivity contribution in [2.75, 3.05) is 34.5 Å². The maximum atomic E-state index is 15.1. The van der Waals surface area contributed by atoms with E-state index in [1.54, 1.807) is 13.8 Å². The molecule has 2 aromatic carbocycles. The lowest BCUT2D eigenvalue weighted by Gasteiger charge is -2.60. The van der Waals surface area contributed by atoms with Crippen LogP contribution in [0.5, 0.6) is 28.7 Å². The zero-order valence-electron chi connectivity index (χ0n) is 38.5. The number of quaternary nitrogens is 1. The number of methoxy groups -OCH3 is 1. The van der Waals surface area contributed by atoms with Crippen LogP contribution in [0.1, 0.15) is 119 Å². The first-order valence-electron chi connectivity index (χ1n) is 21.9. The lowest BCUT2D eigenvalue weighted by atomic mass is 9.71. The first kappa shape index (κ1) is 48.9. The number of halogens is 3. The van der Waals surface area contributed by atoms with E-state index in [9.17, 15) is 42.4 Å². The summed E-state index contributed by atoms with van der Waals surface area (Å²) in [5.41, 5.74) is 3.26. The molecule has 2 unspecified atom stereocenters. The Balaban J connectivity index is 1.66. The van der Waals surface area contributed by atoms with Gasteiger partial charge in [-0.15, -0.1) is 0 Å². The van der Waals surface area contributed by atoms with Crippen LogP contribution >= 0.6 is 0 Å². The van der Waals surface area contributed by atoms with Gasteiger partial charge in [-0.3, -0.25) is 33.9 Å². The Morgan fingerprint density at radius 2 is 1.58 bits per heavy atom. The number of esters is 2. The molecule has 1 fully saturated rings. The number of amides is 4. The maximum Gasteiger partial charge on any atom is 0.471 e. The lowest BCUT2D eigenvalue weighted by molar-refractivity contribution is -0.763. The summed E-state index contributed by atoms with van der Waals surface area (Å²) in [4.78, 5) is 86.2. The highest BCUT2D eigenvalue weighted by molar-refractivity contribution is 6.02. The van der Waals surface area contributed by atoms with Crippen LogP contribution in [0.25, 0.3) is 0 Å². The van der Waals surface area contributed by atoms with Gasteiger partial charge in [-0.2, -0.15) is 22.9 Å². The van der Waals surface area contributed by atoms with Crippen LogP contribution in [-0.2, 0) is 41.6 Å². The molecule has 6 rings (SSSR count). The van der Waals surface area contributed by atoms with Gasteiger partial charge >= 0.3 is 35.8 Å². The smallest absolute Gasteiger partial charge is 0.471 e. The van der Waals surface area contributed by atoms with Crippen LogP contribution in [0.4, 0.5) is 13.2 Å². The first-order chi connectivity index (χ1) is 30.6. The number of rotatable bonds is 13. The number of benzene rings is 2. The van der Waals surface area contributed by atoms with Gasteiger partial charge in [0.05, 0.1) is 38.7 Å². The molecule has 0 aliphatic carbocycles. The Morgan fingerprint density at radius 3 is 2.17 bits per heavy atom. The van der Waals surface area contributed by atoms with E-state index in [4.69, 9.17) is 23.7 Å². The second-order valence-corrected chi connectivity index (χ2v) is 17.4. The lowest BCUT2D eigenvalue weighted by Crippen LogP contribution is -2.71. The number of fused-ring (bicyclic) bond motifs is 9. The molecular weight excluding hydrogens is 856 g/mol. The number of carbonyl (C=O) groups is 6. The predicted molar refractivity (Wildman–Crippen MR) is 225 cm³/mol. The van der Waals surface area contributed by atoms with Crippen molar-refractivity contribution in [3.8, 4) is 34.8 Å². The van der Waals surface area contributed by atoms with Gasteiger partial charge in [-0.05, 0) is 71.0 Å². The van der Waals surface area contributed by atoms with E-state index in [0.717, 1.165) is 12.5 Å². The number of hydrogen-bond donors (Lipinski definition) is 0. The van der Waals surface area contributed by atoms with Crippen molar-refractivity contribution in [3.63, 3.8) is 0 Å². The quantitative estimate of drug-likeness (QED) is 0.133. The van der Waals surface area contributed by atoms with E-state index >= 15 is 4.79 Å². The predicted octanol–water partition coefficient (Wildman–Crippen LogP) is 5.85. The van der Waals surface area contributed by atoms with Crippen molar-refractivity contribution in [2.45, 2.75) is 142 Å². The molecule has 1 saturated heterocycles. The third kappa shape index (κ3) is 8.44. The number of likely N-dealkylation sites (N-methyl/N-ethyl adjacent to an activating group) is 2. The molecule has 0 aromatic heterocycles. The van der Waals surface area contributed by atoms with Crippen molar-refractivity contribution < 1.29 is 70.1 Å². The third-order valence-corrected chi connectivity index (χ3v) is 13.1. The van der Waals surface area contributed by atoms with Gasteiger partial charge in [0.2, 0.25) is 12.7 Å². The van der Waals surface area contributed by atoms with Gasteiger partial charge in [0.15, 0.2) is 29.0 Å². The van der Waals surface area contributed by atoms with Crippen molar-refractivity contribution in [1.29, 1.82) is 5.26 Å². The Morgan fingerprint density at radius 1 is 0.938 bits per heavy atom. The number of nitriles is 1. The van der Waals surface area contributed by atoms with E-state index in [0.29, 0.717) is 40.0 Å². The highest BCUT2D eigenvalue weighted by Crippen LogP contribution is 2.59. The van der Waals surface area contributed by atoms with E-state index in [1.165, 1.54) is 28.0 Å². The molecule has 7 atom stereocenters. The molecule has 4 aliphatic heterocycles. The van der Waals surface area contributed by atoms with Crippen LogP contribution < -0.4 is 23.7 Å². The number of imide groups is 2. The topological polar surface area (TPSA) is 182 Å². The molecule has 352 valence electrons. The van der Waals surface area contributed by atoms with Crippen LogP contribution in [0.2, 0.25) is 0 Å². The molecule has 2 aromatic rings. The zero-order chi connectivity index (χ0) is 48.0. The van der Waals surface area contributed by atoms with Gasteiger partial charge in [0.1, 0.15) is 18.3 Å². The summed E-state index contributed by atoms with van der Waals surface area (Å²) >= 11 is 0. The van der Waals surface area contributed by atoms with E-state index in [1.807, 2.05) is 36.8 Å². The van der Waals surface area contributed by atoms with Crippen LogP contribution in [0, 0.1) is 25.2 Å². The largest absolute Gasteiger partial charge is 0.493 e. The molecule has 16 nitrogen and oxygen atoms in total. The zero-order valence-corrected chi connectivity index (χ0v) is 38.5. The number of nitrogens with zero attached hydrogens (tertiary/aromatic N) is 5. The SMILES string of the molecule is CCCC(=O)Oc1c(OC)c(C)cc2c1[C@@H]1C3Cc4c(OC(C)=O)c(C)c5c(c4[C@H](C[N+](C)(C(=O)CCC)C(=O)[C@H](C)N(C(=O)CCC)C(=O)C(F)(F)F)N3[C@@H](C#N)[C@H](C2)N1C)OCO5. The minimum absolute atomic E-state index is 0.0646. The van der Waals surface area contributed by atoms with Crippen molar-refractivity contribution in [2.24, 2.45) is 0 Å². The standard InChI is InChI=1S/C46H57F3N5O11/c1-11-14-33(56)52(45(60)46(47,48)49)25(6)44(59)54(9,34(57)15-12-2)21-32-37-28(40(64-26(7)55)24(5)41-42(37)63-22-62-41)19-30-38-36-27(18-29(51(38)8)31(20-50)53(30)32)17-23(4)39(61-10)43(36)65-35(58)16-13-3/h17,25,29-32,38H,11-16,18-19,21-22H2,1-10H3/q+1/t25-,29-,30?,31-,32-,38-,54?/m0/s1. The highest BCUT2D eigenvalue weighted by atomic mass is 19.4. The minimum atomic E-state index is -5.54. The molecule has 19 heteroatoms. The number of hydrogen-bond acceptors (Lipinski definition) is 14. The molecular formula is C46H57F3N5O11+. The highest BCUT2D eigenvalue weighted by Gasteiger charge is 2.60. The monoisotopic (exact) mass is 912 g/mol. The van der Waals surface area contributed by atoms with Crippen LogP contribution in [0.3, 0.4) is 0 Å². The van der Waals surface area contributed by atoms with Crippen molar-refractivity contribution >= 4 is 35.6 Å². The molecule has 0 spiro atoms. The summed E-state index contributed by atoms with van der Waals surface area (Å²) in [6, 6.07) is -1.84. The summed E-state index contributed by atoms with van der Waals surface area (Å²) in [5, 5.41) is 11.3. The third-order valence-electron chi connectivity index (χ3n) is 13.1. The average molecular weight is 913 g/mol. The number of alkyl halides is 3. The van der Waals surface area contributed by atoms with Gasteiger partial charge in [-0.25, -0.2) is 9.59 Å². The molecule has 4 amide bonds. The van der Waals surface area contributed by atoms with Gasteiger partial charge in [0.25, 0.3) is 0 Å². The maximum absolute atomic E-state index is 15.1. The number of piperazine rings is 1. The van der Waals surface area contributed by atoms with Gasteiger partial charge in [0, 0.05) is 54.1 Å². The normalized spacial score (nSPS) is 22.2. The average Bonchev–Trinajstić information content (AvgIpc) is 3.72. The first-order valence-corrected chi connectivity index (χ1v) is 21.9. The van der Waals surface area contributed by atoms with Gasteiger partial charge < -0.3 is 23.7 Å². The summed E-state index contributed by atoms with van der Waals surface area (Å²) < 4.78 is 71.4. The molecule has 0 saturated carbocycles. The Hall–Kier alpha value is -5.58. The second kappa shape index (κ2) is 18.7. The number of ether oxygens (including phenoxy) is 5. The van der Waals surface area contributed by atoms with E-state index in [2.05, 4.69) is 6.07 Å². The summed E-state index contributed by atoms with van der Waals surface area (Å²) in [7, 11) is 4.56. The number of aryl methyl sites for hydroxylation is 1. The molecule has 65 heavy (non-hydrogen) atoms. The molecule has 4 heterocycles. The van der Waals surface area contributed by atoms with E-state index in [-0.39, 0.29) is 73.2 Å². The second-order valence-electron chi connectivity index (χ2n) is 17.4. The molecule has 4 aliphatic rings. The summed E-state index contributed by atoms with van der Waals surface area (Å²) in [6.07, 6.45) is -5.00. The fourth-order valence-corrected chi connectivity index (χ4v) is 10.4. The Bertz CT molecular complexity index is 2350. The molecule has 2 bridgehead atoms. The van der Waals surface area contributed by atoms with Crippen LogP contribution in [-0.4, -0.2) is 120 Å². The molecule has 0 N–H and O–H groups in total. The minimum Gasteiger partial charge on any atom is -0.493 e. The van der Waals surface area contributed by atoms with E-state index < -0.39 is 95.4 Å². The Labute approximate surface area is 376 Å². The van der Waals surface area contributed by atoms with Gasteiger partial charge in [-0.1, -0.05) is 26.8 Å². The van der Waals surface area contributed by atoms with Crippen molar-refractivity contribution in [1.82, 2.24) is 14.7 Å². The van der Waals surface area contributed by atoms with Crippen molar-refractivity contribution in [3.05, 3.63) is 39.4 Å². The molecule has 0 radical (unpaired) electrons. The van der Waals surface area contributed by atoms with Crippen LogP contribution in [0.15, 0.2) is 6.07 Å². The summed E-state index contributed by atoms with van der Waals surface area (Å²) in [6.45, 7) is 9.98. The Kier molecular flexibility index (Phi) is 14.1.